The molecule has 0 aliphatic carbocycles. The fourth-order valence-electron chi connectivity index (χ4n) is 5.94. The Labute approximate surface area is 220 Å². The number of hydrogen-bond donors (Lipinski definition) is 1. The monoisotopic (exact) mass is 531 g/mol. The number of hydrogen-bond acceptors (Lipinski definition) is 5. The zero-order valence-electron chi connectivity index (χ0n) is 20.6. The quantitative estimate of drug-likeness (QED) is 0.376. The first-order chi connectivity index (χ1) is 18.2. The van der Waals surface area contributed by atoms with E-state index >= 15 is 4.39 Å². The van der Waals surface area contributed by atoms with Gasteiger partial charge in [-0.1, -0.05) is 12.6 Å². The number of carbonyl (C=O) groups excluding carboxylic acids is 2. The molecule has 4 aromatic rings. The van der Waals surface area contributed by atoms with Gasteiger partial charge in [0.25, 0.3) is 5.91 Å². The molecule has 2 aromatic heterocycles. The summed E-state index contributed by atoms with van der Waals surface area (Å²) in [5, 5.41) is 10.8. The van der Waals surface area contributed by atoms with Crippen molar-refractivity contribution in [3.05, 3.63) is 65.4 Å². The van der Waals surface area contributed by atoms with E-state index in [1.54, 1.807) is 9.80 Å². The standard InChI is InChI=1S/C28H23F2N5O2S/c1-3-21(36)33-8-9-35-15(13-33)6-7-34-12-14(2)22-24(20(30)10-17(25(22)34)28(35)37)16-4-5-19(29)26-23(16)18(11-31)27(32)38-26/h3-5,10,12,15H,1,6-9,13,32H2,2H3. The van der Waals surface area contributed by atoms with Gasteiger partial charge in [0.05, 0.1) is 27.4 Å². The normalized spacial score (nSPS) is 17.3. The summed E-state index contributed by atoms with van der Waals surface area (Å²) in [5.41, 5.74) is 8.31. The van der Waals surface area contributed by atoms with Gasteiger partial charge in [0.15, 0.2) is 0 Å². The molecule has 1 fully saturated rings. The highest BCUT2D eigenvalue weighted by Gasteiger charge is 2.36. The Balaban J connectivity index is 1.57. The van der Waals surface area contributed by atoms with Crippen LogP contribution in [0.1, 0.15) is 27.9 Å². The number of halogens is 2. The van der Waals surface area contributed by atoms with Crippen LogP contribution < -0.4 is 5.73 Å². The molecule has 2 N–H and O–H groups in total. The number of nitrogens with zero attached hydrogens (tertiary/aromatic N) is 4. The molecule has 2 amide bonds. The Morgan fingerprint density at radius 1 is 1.21 bits per heavy atom. The number of aromatic nitrogens is 1. The van der Waals surface area contributed by atoms with Crippen LogP contribution in [0, 0.1) is 29.9 Å². The molecule has 1 saturated heterocycles. The Bertz CT molecular complexity index is 1750. The molecular weight excluding hydrogens is 508 g/mol. The van der Waals surface area contributed by atoms with Gasteiger partial charge in [-0.2, -0.15) is 5.26 Å². The largest absolute Gasteiger partial charge is 0.389 e. The molecule has 0 saturated carbocycles. The van der Waals surface area contributed by atoms with Crippen LogP contribution in [0.4, 0.5) is 13.8 Å². The molecule has 0 spiro atoms. The van der Waals surface area contributed by atoms with Crippen molar-refractivity contribution >= 4 is 49.1 Å². The van der Waals surface area contributed by atoms with Crippen LogP contribution in [0.3, 0.4) is 0 Å². The van der Waals surface area contributed by atoms with Crippen molar-refractivity contribution in [1.82, 2.24) is 14.4 Å². The van der Waals surface area contributed by atoms with E-state index < -0.39 is 11.6 Å². The third-order valence-electron chi connectivity index (χ3n) is 7.65. The molecule has 2 aromatic carbocycles. The van der Waals surface area contributed by atoms with E-state index in [0.717, 1.165) is 16.9 Å². The summed E-state index contributed by atoms with van der Waals surface area (Å²) in [4.78, 5) is 29.5. The maximum atomic E-state index is 16.1. The topological polar surface area (TPSA) is 95.4 Å². The van der Waals surface area contributed by atoms with Gasteiger partial charge in [0.2, 0.25) is 5.91 Å². The van der Waals surface area contributed by atoms with Crippen molar-refractivity contribution in [2.75, 3.05) is 25.4 Å². The molecule has 1 unspecified atom stereocenters. The lowest BCUT2D eigenvalue weighted by Gasteiger charge is -2.42. The molecule has 2 aliphatic heterocycles. The zero-order chi connectivity index (χ0) is 26.9. The number of nitrogens with two attached hydrogens (primary N) is 1. The molecule has 10 heteroatoms. The van der Waals surface area contributed by atoms with Crippen LogP contribution >= 0.6 is 11.3 Å². The molecule has 38 heavy (non-hydrogen) atoms. The minimum atomic E-state index is -0.638. The molecule has 7 nitrogen and oxygen atoms in total. The fourth-order valence-corrected chi connectivity index (χ4v) is 6.89. The van der Waals surface area contributed by atoms with Crippen molar-refractivity contribution < 1.29 is 18.4 Å². The highest BCUT2D eigenvalue weighted by atomic mass is 32.1. The Morgan fingerprint density at radius 3 is 2.74 bits per heavy atom. The Hall–Kier alpha value is -4.23. The molecule has 6 rings (SSSR count). The van der Waals surface area contributed by atoms with Crippen LogP contribution in [-0.2, 0) is 11.3 Å². The van der Waals surface area contributed by atoms with Gasteiger partial charge in [0, 0.05) is 48.7 Å². The summed E-state index contributed by atoms with van der Waals surface area (Å²) in [6.07, 6.45) is 3.78. The van der Waals surface area contributed by atoms with Gasteiger partial charge in [-0.3, -0.25) is 9.59 Å². The van der Waals surface area contributed by atoms with Gasteiger partial charge < -0.3 is 20.1 Å². The number of nitriles is 1. The van der Waals surface area contributed by atoms with E-state index in [1.165, 1.54) is 24.3 Å². The molecule has 4 heterocycles. The number of thiophene rings is 1. The van der Waals surface area contributed by atoms with Crippen LogP contribution in [0.15, 0.2) is 37.1 Å². The molecule has 0 bridgehead atoms. The number of fused-ring (bicyclic) bond motifs is 2. The maximum Gasteiger partial charge on any atom is 0.256 e. The van der Waals surface area contributed by atoms with Gasteiger partial charge in [-0.25, -0.2) is 8.78 Å². The summed E-state index contributed by atoms with van der Waals surface area (Å²) < 4.78 is 33.0. The first-order valence-corrected chi connectivity index (χ1v) is 13.0. The lowest BCUT2D eigenvalue weighted by Crippen LogP contribution is -2.57. The number of nitrogen functional groups attached to an aromatic ring is 1. The average molecular weight is 532 g/mol. The van der Waals surface area contributed by atoms with Gasteiger partial charge in [-0.05, 0) is 42.7 Å². The number of benzene rings is 2. The third kappa shape index (κ3) is 3.35. The second-order valence-electron chi connectivity index (χ2n) is 9.69. The molecule has 1 atom stereocenters. The SMILES string of the molecule is C=CC(=O)N1CCN2C(=O)c3cc(F)c(-c4ccc(F)c5sc(N)c(C#N)c45)c4c(C)cn(c34)CCC2C1. The second-order valence-corrected chi connectivity index (χ2v) is 10.7. The zero-order valence-corrected chi connectivity index (χ0v) is 21.4. The van der Waals surface area contributed by atoms with E-state index in [-0.39, 0.29) is 49.6 Å². The van der Waals surface area contributed by atoms with E-state index in [4.69, 9.17) is 5.73 Å². The van der Waals surface area contributed by atoms with E-state index in [9.17, 15) is 19.2 Å². The van der Waals surface area contributed by atoms with E-state index in [1.807, 2.05) is 23.8 Å². The highest BCUT2D eigenvalue weighted by Crippen LogP contribution is 2.45. The Kier molecular flexibility index (Phi) is 5.50. The van der Waals surface area contributed by atoms with E-state index in [0.29, 0.717) is 49.1 Å². The highest BCUT2D eigenvalue weighted by molar-refractivity contribution is 7.23. The lowest BCUT2D eigenvalue weighted by atomic mass is 9.92. The summed E-state index contributed by atoms with van der Waals surface area (Å²) in [7, 11) is 0. The molecule has 192 valence electrons. The minimum Gasteiger partial charge on any atom is -0.389 e. The second kappa shape index (κ2) is 8.67. The fraction of sp³-hybridized carbons (Fsp3) is 0.250. The average Bonchev–Trinajstić information content (AvgIpc) is 3.42. The van der Waals surface area contributed by atoms with Gasteiger partial charge in [0.1, 0.15) is 22.7 Å². The lowest BCUT2D eigenvalue weighted by molar-refractivity contribution is -0.128. The van der Waals surface area contributed by atoms with E-state index in [2.05, 4.69) is 6.58 Å². The maximum absolute atomic E-state index is 16.1. The molecule has 2 aliphatic rings. The molecular formula is C28H23F2N5O2S. The van der Waals surface area contributed by atoms with Gasteiger partial charge >= 0.3 is 0 Å². The minimum absolute atomic E-state index is 0.111. The smallest absolute Gasteiger partial charge is 0.256 e. The Morgan fingerprint density at radius 2 is 2.00 bits per heavy atom. The predicted octanol–water partition coefficient (Wildman–Crippen LogP) is 4.81. The van der Waals surface area contributed by atoms with Crippen LogP contribution in [0.2, 0.25) is 0 Å². The number of aryl methyl sites for hydroxylation is 2. The predicted molar refractivity (Wildman–Crippen MR) is 143 cm³/mol. The number of amides is 2. The van der Waals surface area contributed by atoms with Crippen molar-refractivity contribution in [3.63, 3.8) is 0 Å². The summed E-state index contributed by atoms with van der Waals surface area (Å²) in [5.74, 6) is -1.64. The van der Waals surface area contributed by atoms with Crippen molar-refractivity contribution in [1.29, 1.82) is 5.26 Å². The number of piperazine rings is 1. The van der Waals surface area contributed by atoms with Crippen molar-refractivity contribution in [2.24, 2.45) is 0 Å². The van der Waals surface area contributed by atoms with Crippen LogP contribution in [0.5, 0.6) is 0 Å². The first-order valence-electron chi connectivity index (χ1n) is 12.2. The first kappa shape index (κ1) is 24.1. The third-order valence-corrected chi connectivity index (χ3v) is 8.67. The van der Waals surface area contributed by atoms with Gasteiger partial charge in [-0.15, -0.1) is 11.3 Å². The number of rotatable bonds is 2. The summed E-state index contributed by atoms with van der Waals surface area (Å²) in [6, 6.07) is 5.80. The van der Waals surface area contributed by atoms with Crippen molar-refractivity contribution in [2.45, 2.75) is 25.9 Å². The number of anilines is 1. The summed E-state index contributed by atoms with van der Waals surface area (Å²) in [6.45, 7) is 7.07. The van der Waals surface area contributed by atoms with Crippen molar-refractivity contribution in [3.8, 4) is 17.2 Å². The summed E-state index contributed by atoms with van der Waals surface area (Å²) >= 11 is 0.959. The van der Waals surface area contributed by atoms with Crippen LogP contribution in [0.25, 0.3) is 32.1 Å². The number of carbonyl (C=O) groups is 2. The van der Waals surface area contributed by atoms with Crippen LogP contribution in [-0.4, -0.2) is 51.9 Å². The molecule has 0 radical (unpaired) electrons.